The maximum atomic E-state index is 13.8. The minimum Gasteiger partial charge on any atom is -0.504 e. The van der Waals surface area contributed by atoms with Gasteiger partial charge in [0.1, 0.15) is 5.60 Å². The molecule has 1 heterocycles. The molecule has 10 nitrogen and oxygen atoms in total. The maximum absolute atomic E-state index is 13.8. The summed E-state index contributed by atoms with van der Waals surface area (Å²) in [6, 6.07) is 8.11. The number of aliphatic hydroxyl groups excluding tert-OH is 3. The van der Waals surface area contributed by atoms with Crippen LogP contribution in [0.25, 0.3) is 0 Å². The molecule has 212 valence electrons. The number of ketones is 1. The van der Waals surface area contributed by atoms with Crippen LogP contribution in [0.4, 0.5) is 0 Å². The Labute approximate surface area is 226 Å². The van der Waals surface area contributed by atoms with Gasteiger partial charge in [-0.25, -0.2) is 4.79 Å². The zero-order chi connectivity index (χ0) is 28.9. The summed E-state index contributed by atoms with van der Waals surface area (Å²) >= 11 is 0. The number of benzene rings is 1. The lowest BCUT2D eigenvalue weighted by atomic mass is 9.53. The highest BCUT2D eigenvalue weighted by molar-refractivity contribution is 6.09. The minimum atomic E-state index is -1.88. The molecule has 1 fully saturated rings. The summed E-state index contributed by atoms with van der Waals surface area (Å²) in [6.07, 6.45) is -3.94. The molecule has 0 aromatic heterocycles. The zero-order valence-corrected chi connectivity index (χ0v) is 22.8. The molecule has 4 rings (SSSR count). The third-order valence-corrected chi connectivity index (χ3v) is 8.70. The van der Waals surface area contributed by atoms with E-state index >= 15 is 0 Å². The molecule has 1 aromatic rings. The van der Waals surface area contributed by atoms with Crippen molar-refractivity contribution in [2.75, 3.05) is 13.2 Å². The Morgan fingerprint density at radius 2 is 1.77 bits per heavy atom. The van der Waals surface area contributed by atoms with Crippen LogP contribution >= 0.6 is 0 Å². The van der Waals surface area contributed by atoms with Gasteiger partial charge in [0.25, 0.3) is 0 Å². The number of hydrogen-bond donors (Lipinski definition) is 4. The molecule has 39 heavy (non-hydrogen) atoms. The van der Waals surface area contributed by atoms with Crippen molar-refractivity contribution in [1.82, 2.24) is 0 Å². The zero-order valence-electron chi connectivity index (χ0n) is 22.8. The first kappa shape index (κ1) is 28.9. The van der Waals surface area contributed by atoms with Gasteiger partial charge in [-0.1, -0.05) is 32.0 Å². The Hall–Kier alpha value is -3.05. The molecule has 4 N–H and O–H groups in total. The summed E-state index contributed by atoms with van der Waals surface area (Å²) in [5, 5.41) is 44.0. The first-order chi connectivity index (χ1) is 18.2. The molecular formula is C29H36O10. The van der Waals surface area contributed by atoms with Crippen LogP contribution in [0, 0.1) is 11.3 Å². The van der Waals surface area contributed by atoms with Gasteiger partial charge in [-0.2, -0.15) is 0 Å². The second-order valence-corrected chi connectivity index (χ2v) is 11.2. The van der Waals surface area contributed by atoms with Crippen molar-refractivity contribution in [1.29, 1.82) is 0 Å². The van der Waals surface area contributed by atoms with E-state index in [2.05, 4.69) is 0 Å². The van der Waals surface area contributed by atoms with Crippen LogP contribution in [0.5, 0.6) is 0 Å². The maximum Gasteiger partial charge on any atom is 0.338 e. The fourth-order valence-electron chi connectivity index (χ4n) is 6.56. The van der Waals surface area contributed by atoms with E-state index in [0.717, 1.165) is 6.92 Å². The molecule has 2 bridgehead atoms. The second-order valence-electron chi connectivity index (χ2n) is 11.2. The number of carbonyl (C=O) groups excluding carboxylic acids is 3. The largest absolute Gasteiger partial charge is 0.504 e. The SMILES string of the molecule is CC(=O)O[C@H]1[C@H]([C@]2(O)CO[C@H]2CCO)/C(C)=C(/O)C(=O)C2=C(C)[C@@H](O)C[C@]1(OC(=O)c1ccccc1)C2(C)C. The highest BCUT2D eigenvalue weighted by Crippen LogP contribution is 2.58. The number of allylic oxidation sites excluding steroid dienone is 1. The average molecular weight is 545 g/mol. The third kappa shape index (κ3) is 4.39. The average Bonchev–Trinajstić information content (AvgIpc) is 2.88. The fourth-order valence-corrected chi connectivity index (χ4v) is 6.56. The van der Waals surface area contributed by atoms with Crippen LogP contribution in [0.2, 0.25) is 0 Å². The normalized spacial score (nSPS) is 35.9. The quantitative estimate of drug-likeness (QED) is 0.391. The Morgan fingerprint density at radius 1 is 1.13 bits per heavy atom. The van der Waals surface area contributed by atoms with Crippen molar-refractivity contribution in [3.05, 3.63) is 58.4 Å². The van der Waals surface area contributed by atoms with Crippen LogP contribution in [0.15, 0.2) is 52.8 Å². The van der Waals surface area contributed by atoms with Crippen molar-refractivity contribution < 1.29 is 49.0 Å². The van der Waals surface area contributed by atoms with E-state index in [1.165, 1.54) is 6.92 Å². The first-order valence-electron chi connectivity index (χ1n) is 13.0. The van der Waals surface area contributed by atoms with Crippen molar-refractivity contribution in [3.63, 3.8) is 0 Å². The molecule has 0 saturated carbocycles. The molecule has 0 unspecified atom stereocenters. The minimum absolute atomic E-state index is 0.0114. The van der Waals surface area contributed by atoms with E-state index in [9.17, 15) is 34.8 Å². The number of aliphatic hydroxyl groups is 4. The number of hydrogen-bond acceptors (Lipinski definition) is 10. The topological polar surface area (TPSA) is 160 Å². The molecular weight excluding hydrogens is 508 g/mol. The Kier molecular flexibility index (Phi) is 7.54. The Balaban J connectivity index is 2.05. The molecule has 1 aliphatic heterocycles. The number of Topliss-reactive ketones (excluding diaryl/α,β-unsaturated/α-hetero) is 1. The molecule has 6 atom stereocenters. The van der Waals surface area contributed by atoms with Crippen LogP contribution < -0.4 is 0 Å². The summed E-state index contributed by atoms with van der Waals surface area (Å²) in [5.41, 5.74) is -4.59. The predicted molar refractivity (Wildman–Crippen MR) is 137 cm³/mol. The van der Waals surface area contributed by atoms with Gasteiger partial charge in [-0.15, -0.1) is 0 Å². The van der Waals surface area contributed by atoms with Crippen LogP contribution in [-0.4, -0.2) is 80.9 Å². The Morgan fingerprint density at radius 3 is 2.31 bits per heavy atom. The summed E-state index contributed by atoms with van der Waals surface area (Å²) in [6.45, 7) is 6.84. The summed E-state index contributed by atoms with van der Waals surface area (Å²) < 4.78 is 17.7. The van der Waals surface area contributed by atoms with Crippen molar-refractivity contribution in [3.8, 4) is 0 Å². The molecule has 3 aliphatic rings. The van der Waals surface area contributed by atoms with E-state index in [1.807, 2.05) is 0 Å². The van der Waals surface area contributed by atoms with Gasteiger partial charge in [-0.05, 0) is 43.5 Å². The molecule has 0 spiro atoms. The van der Waals surface area contributed by atoms with Gasteiger partial charge < -0.3 is 34.6 Å². The van der Waals surface area contributed by atoms with Crippen molar-refractivity contribution >= 4 is 17.7 Å². The molecule has 0 radical (unpaired) electrons. The van der Waals surface area contributed by atoms with Crippen LogP contribution in [-0.2, 0) is 23.8 Å². The van der Waals surface area contributed by atoms with Gasteiger partial charge in [0, 0.05) is 30.9 Å². The lowest BCUT2D eigenvalue weighted by molar-refractivity contribution is -0.291. The molecule has 1 aromatic carbocycles. The highest BCUT2D eigenvalue weighted by Gasteiger charge is 2.69. The van der Waals surface area contributed by atoms with Gasteiger partial charge in [0.05, 0.1) is 30.3 Å². The van der Waals surface area contributed by atoms with E-state index in [-0.39, 0.29) is 42.8 Å². The smallest absolute Gasteiger partial charge is 0.338 e. The van der Waals surface area contributed by atoms with Gasteiger partial charge in [-0.3, -0.25) is 9.59 Å². The van der Waals surface area contributed by atoms with Crippen LogP contribution in [0.1, 0.15) is 57.8 Å². The van der Waals surface area contributed by atoms with E-state index in [1.54, 1.807) is 51.1 Å². The number of carbonyl (C=O) groups is 3. The lowest BCUT2D eigenvalue weighted by Gasteiger charge is -2.60. The number of ether oxygens (including phenoxy) is 3. The molecule has 1 saturated heterocycles. The fraction of sp³-hybridized carbons (Fsp3) is 0.552. The molecule has 0 amide bonds. The van der Waals surface area contributed by atoms with Crippen molar-refractivity contribution in [2.24, 2.45) is 11.3 Å². The van der Waals surface area contributed by atoms with E-state index in [0.29, 0.717) is 5.57 Å². The van der Waals surface area contributed by atoms with Gasteiger partial charge >= 0.3 is 11.9 Å². The summed E-state index contributed by atoms with van der Waals surface area (Å²) in [5.74, 6) is -4.30. The number of fused-ring (bicyclic) bond motifs is 2. The molecule has 2 aliphatic carbocycles. The Bertz CT molecular complexity index is 1230. The second kappa shape index (κ2) is 10.2. The lowest BCUT2D eigenvalue weighted by Crippen LogP contribution is -2.73. The number of esters is 2. The van der Waals surface area contributed by atoms with Gasteiger partial charge in [0.15, 0.2) is 17.5 Å². The standard InChI is InChI=1S/C29H36O10/c1-15-19(32)13-29(39-26(35)18-9-7-6-8-10-18)25(38-17(3)31)22(28(36)14-37-20(28)11-12-30)16(2)23(33)24(34)21(15)27(29,4)5/h6-10,19-20,22,25,30,32-33,36H,11-14H2,1-5H3/b23-16+/t19-,20-,22+,25-,28-,29+/m0/s1. The predicted octanol–water partition coefficient (Wildman–Crippen LogP) is 2.16. The monoisotopic (exact) mass is 544 g/mol. The van der Waals surface area contributed by atoms with Gasteiger partial charge in [0.2, 0.25) is 5.78 Å². The number of rotatable bonds is 6. The summed E-state index contributed by atoms with van der Waals surface area (Å²) in [4.78, 5) is 40.1. The molecule has 10 heteroatoms. The van der Waals surface area contributed by atoms with E-state index in [4.69, 9.17) is 14.2 Å². The van der Waals surface area contributed by atoms with Crippen LogP contribution in [0.3, 0.4) is 0 Å². The summed E-state index contributed by atoms with van der Waals surface area (Å²) in [7, 11) is 0. The highest BCUT2D eigenvalue weighted by atomic mass is 16.6. The van der Waals surface area contributed by atoms with E-state index < -0.39 is 64.3 Å². The van der Waals surface area contributed by atoms with Crippen molar-refractivity contribution in [2.45, 2.75) is 77.0 Å². The first-order valence-corrected chi connectivity index (χ1v) is 13.0. The third-order valence-electron chi connectivity index (χ3n) is 8.70.